The van der Waals surface area contributed by atoms with Crippen molar-refractivity contribution in [2.24, 2.45) is 5.73 Å². The second-order valence-corrected chi connectivity index (χ2v) is 5.09. The van der Waals surface area contributed by atoms with Gasteiger partial charge in [-0.25, -0.2) is 4.98 Å². The number of hydrogen-bond acceptors (Lipinski definition) is 5. The Balaban J connectivity index is 2.15. The molecule has 23 heavy (non-hydrogen) atoms. The second kappa shape index (κ2) is 8.14. The van der Waals surface area contributed by atoms with Crippen molar-refractivity contribution in [3.63, 3.8) is 0 Å². The number of pyridine rings is 1. The third-order valence-corrected chi connectivity index (χ3v) is 3.21. The monoisotopic (exact) mass is 314 g/mol. The average molecular weight is 314 g/mol. The van der Waals surface area contributed by atoms with Crippen LogP contribution in [-0.4, -0.2) is 30.1 Å². The van der Waals surface area contributed by atoms with Crippen LogP contribution in [0.5, 0.6) is 5.75 Å². The van der Waals surface area contributed by atoms with Crippen molar-refractivity contribution in [1.82, 2.24) is 10.3 Å². The number of carbonyl (C=O) groups excluding carboxylic acids is 1. The summed E-state index contributed by atoms with van der Waals surface area (Å²) in [6, 6.07) is 10.8. The van der Waals surface area contributed by atoms with Crippen molar-refractivity contribution in [1.29, 1.82) is 0 Å². The molecule has 4 N–H and O–H groups in total. The van der Waals surface area contributed by atoms with Crippen LogP contribution in [0.1, 0.15) is 24.2 Å². The third-order valence-electron chi connectivity index (χ3n) is 3.21. The second-order valence-electron chi connectivity index (χ2n) is 5.09. The Labute approximate surface area is 136 Å². The van der Waals surface area contributed by atoms with Crippen LogP contribution >= 0.6 is 0 Å². The molecule has 122 valence electrons. The summed E-state index contributed by atoms with van der Waals surface area (Å²) in [4.78, 5) is 16.6. The first-order valence-corrected chi connectivity index (χ1v) is 7.60. The Morgan fingerprint density at radius 2 is 2.04 bits per heavy atom. The zero-order chi connectivity index (χ0) is 16.7. The van der Waals surface area contributed by atoms with E-state index in [4.69, 9.17) is 10.5 Å². The van der Waals surface area contributed by atoms with Crippen LogP contribution in [0.15, 0.2) is 42.6 Å². The first kappa shape index (κ1) is 16.8. The van der Waals surface area contributed by atoms with Gasteiger partial charge in [-0.1, -0.05) is 0 Å². The summed E-state index contributed by atoms with van der Waals surface area (Å²) < 4.78 is 5.41. The molecule has 0 radical (unpaired) electrons. The van der Waals surface area contributed by atoms with E-state index in [1.165, 1.54) is 0 Å². The van der Waals surface area contributed by atoms with Gasteiger partial charge in [-0.2, -0.15) is 0 Å². The normalized spacial score (nSPS) is 11.6. The lowest BCUT2D eigenvalue weighted by Crippen LogP contribution is -2.38. The van der Waals surface area contributed by atoms with E-state index in [-0.39, 0.29) is 11.9 Å². The number of carbonyl (C=O) groups is 1. The summed E-state index contributed by atoms with van der Waals surface area (Å²) in [5.41, 5.74) is 6.84. The number of nitrogens with one attached hydrogen (secondary N) is 2. The number of amides is 1. The summed E-state index contributed by atoms with van der Waals surface area (Å²) in [5, 5.41) is 5.99. The predicted molar refractivity (Wildman–Crippen MR) is 91.1 cm³/mol. The van der Waals surface area contributed by atoms with Crippen LogP contribution in [0.2, 0.25) is 0 Å². The minimum atomic E-state index is -0.204. The smallest absolute Gasteiger partial charge is 0.255 e. The highest BCUT2D eigenvalue weighted by atomic mass is 16.5. The maximum Gasteiger partial charge on any atom is 0.255 e. The molecule has 2 rings (SSSR count). The maximum atomic E-state index is 12.3. The third kappa shape index (κ3) is 4.69. The summed E-state index contributed by atoms with van der Waals surface area (Å²) in [6.07, 6.45) is 1.64. The first-order valence-electron chi connectivity index (χ1n) is 7.60. The molecular formula is C17H22N4O2. The van der Waals surface area contributed by atoms with Crippen molar-refractivity contribution in [3.8, 4) is 5.75 Å². The quantitative estimate of drug-likeness (QED) is 0.729. The average Bonchev–Trinajstić information content (AvgIpc) is 2.57. The number of hydrogen-bond donors (Lipinski definition) is 3. The SMILES string of the molecule is CCOc1ccc(Nc2ncccc2C(=O)N[C@@H](C)CN)cc1. The Hall–Kier alpha value is -2.60. The van der Waals surface area contributed by atoms with Crippen molar-refractivity contribution in [2.45, 2.75) is 19.9 Å². The molecule has 0 aliphatic heterocycles. The Morgan fingerprint density at radius 3 is 2.70 bits per heavy atom. The summed E-state index contributed by atoms with van der Waals surface area (Å²) in [5.74, 6) is 1.09. The van der Waals surface area contributed by atoms with Gasteiger partial charge in [0.25, 0.3) is 5.91 Å². The number of anilines is 2. The molecule has 0 fully saturated rings. The van der Waals surface area contributed by atoms with E-state index in [9.17, 15) is 4.79 Å². The Morgan fingerprint density at radius 1 is 1.30 bits per heavy atom. The fourth-order valence-corrected chi connectivity index (χ4v) is 1.99. The van der Waals surface area contributed by atoms with Crippen molar-refractivity contribution in [2.75, 3.05) is 18.5 Å². The van der Waals surface area contributed by atoms with Crippen LogP contribution in [0.4, 0.5) is 11.5 Å². The molecule has 2 aromatic rings. The number of ether oxygens (including phenoxy) is 1. The summed E-state index contributed by atoms with van der Waals surface area (Å²) in [7, 11) is 0. The number of nitrogens with zero attached hydrogens (tertiary/aromatic N) is 1. The minimum Gasteiger partial charge on any atom is -0.494 e. The van der Waals surface area contributed by atoms with Gasteiger partial charge in [0.15, 0.2) is 0 Å². The molecule has 1 amide bonds. The molecular weight excluding hydrogens is 292 g/mol. The van der Waals surface area contributed by atoms with E-state index in [2.05, 4.69) is 15.6 Å². The molecule has 0 spiro atoms. The molecule has 0 unspecified atom stereocenters. The molecule has 0 bridgehead atoms. The van der Waals surface area contributed by atoms with Crippen molar-refractivity contribution >= 4 is 17.4 Å². The predicted octanol–water partition coefficient (Wildman–Crippen LogP) is 2.30. The van der Waals surface area contributed by atoms with Gasteiger partial charge in [-0.15, -0.1) is 0 Å². The molecule has 6 nitrogen and oxygen atoms in total. The van der Waals surface area contributed by atoms with E-state index in [1.54, 1.807) is 18.3 Å². The fourth-order valence-electron chi connectivity index (χ4n) is 1.99. The van der Waals surface area contributed by atoms with Gasteiger partial charge in [0.1, 0.15) is 11.6 Å². The molecule has 1 heterocycles. The van der Waals surface area contributed by atoms with Crippen LogP contribution < -0.4 is 21.1 Å². The topological polar surface area (TPSA) is 89.3 Å². The van der Waals surface area contributed by atoms with E-state index in [0.717, 1.165) is 11.4 Å². The van der Waals surface area contributed by atoms with Gasteiger partial charge >= 0.3 is 0 Å². The number of rotatable bonds is 7. The summed E-state index contributed by atoms with van der Waals surface area (Å²) >= 11 is 0. The molecule has 0 aliphatic rings. The Kier molecular flexibility index (Phi) is 5.94. The lowest BCUT2D eigenvalue weighted by Gasteiger charge is -2.14. The van der Waals surface area contributed by atoms with Crippen LogP contribution in [0, 0.1) is 0 Å². The lowest BCUT2D eigenvalue weighted by molar-refractivity contribution is 0.0942. The largest absolute Gasteiger partial charge is 0.494 e. The number of benzene rings is 1. The van der Waals surface area contributed by atoms with Gasteiger partial charge in [-0.3, -0.25) is 4.79 Å². The molecule has 0 saturated carbocycles. The zero-order valence-electron chi connectivity index (χ0n) is 13.4. The molecule has 1 atom stereocenters. The van der Waals surface area contributed by atoms with Gasteiger partial charge in [0.2, 0.25) is 0 Å². The van der Waals surface area contributed by atoms with Gasteiger partial charge in [0.05, 0.1) is 12.2 Å². The minimum absolute atomic E-state index is 0.0963. The lowest BCUT2D eigenvalue weighted by atomic mass is 10.2. The molecule has 6 heteroatoms. The standard InChI is InChI=1S/C17H22N4O2/c1-3-23-14-8-6-13(7-9-14)21-16-15(5-4-10-19-16)17(22)20-12(2)11-18/h4-10,12H,3,11,18H2,1-2H3,(H,19,21)(H,20,22)/t12-/m0/s1. The van der Waals surface area contributed by atoms with Gasteiger partial charge in [-0.05, 0) is 50.2 Å². The number of aromatic nitrogens is 1. The molecule has 1 aromatic heterocycles. The van der Waals surface area contributed by atoms with Gasteiger partial charge in [0, 0.05) is 24.5 Å². The van der Waals surface area contributed by atoms with Crippen LogP contribution in [0.3, 0.4) is 0 Å². The van der Waals surface area contributed by atoms with Crippen molar-refractivity contribution < 1.29 is 9.53 Å². The fraction of sp³-hybridized carbons (Fsp3) is 0.294. The highest BCUT2D eigenvalue weighted by Crippen LogP contribution is 2.21. The summed E-state index contributed by atoms with van der Waals surface area (Å²) in [6.45, 7) is 4.80. The highest BCUT2D eigenvalue weighted by Gasteiger charge is 2.14. The van der Waals surface area contributed by atoms with Gasteiger partial charge < -0.3 is 21.1 Å². The van der Waals surface area contributed by atoms with Crippen LogP contribution in [-0.2, 0) is 0 Å². The van der Waals surface area contributed by atoms with E-state index < -0.39 is 0 Å². The highest BCUT2D eigenvalue weighted by molar-refractivity contribution is 5.99. The number of nitrogens with two attached hydrogens (primary N) is 1. The van der Waals surface area contributed by atoms with E-state index >= 15 is 0 Å². The zero-order valence-corrected chi connectivity index (χ0v) is 13.4. The molecule has 1 aromatic carbocycles. The van der Waals surface area contributed by atoms with Crippen LogP contribution in [0.25, 0.3) is 0 Å². The van der Waals surface area contributed by atoms with Crippen molar-refractivity contribution in [3.05, 3.63) is 48.2 Å². The Bertz CT molecular complexity index is 643. The first-order chi connectivity index (χ1) is 11.1. The molecule has 0 saturated heterocycles. The van der Waals surface area contributed by atoms with E-state index in [0.29, 0.717) is 24.5 Å². The molecule has 0 aliphatic carbocycles. The maximum absolute atomic E-state index is 12.3. The van der Waals surface area contributed by atoms with E-state index in [1.807, 2.05) is 38.1 Å².